The van der Waals surface area contributed by atoms with E-state index in [2.05, 4.69) is 15.6 Å². The number of benzene rings is 1. The van der Waals surface area contributed by atoms with Gasteiger partial charge in [-0.2, -0.15) is 0 Å². The molecule has 6 nitrogen and oxygen atoms in total. The van der Waals surface area contributed by atoms with Gasteiger partial charge in [-0.05, 0) is 25.1 Å². The Morgan fingerprint density at radius 2 is 2.29 bits per heavy atom. The molecule has 21 heavy (non-hydrogen) atoms. The van der Waals surface area contributed by atoms with Gasteiger partial charge in [0.05, 0.1) is 30.0 Å². The van der Waals surface area contributed by atoms with Gasteiger partial charge in [0.15, 0.2) is 5.13 Å². The lowest BCUT2D eigenvalue weighted by atomic mass is 10.3. The molecular weight excluding hydrogens is 290 g/mol. The van der Waals surface area contributed by atoms with E-state index in [1.54, 1.807) is 7.11 Å². The fraction of sp³-hybridized carbons (Fsp3) is 0.429. The number of nitrogens with zero attached hydrogens (tertiary/aromatic N) is 1. The Labute approximate surface area is 127 Å². The first-order valence-corrected chi connectivity index (χ1v) is 7.57. The molecule has 1 amide bonds. The lowest BCUT2D eigenvalue weighted by Crippen LogP contribution is -2.32. The zero-order chi connectivity index (χ0) is 15.1. The molecule has 2 aromatic rings. The van der Waals surface area contributed by atoms with Crippen molar-refractivity contribution in [3.05, 3.63) is 18.2 Å². The Bertz CT molecular complexity index is 600. The van der Waals surface area contributed by atoms with Crippen LogP contribution in [0.1, 0.15) is 6.92 Å². The number of anilines is 1. The number of thiazole rings is 1. The van der Waals surface area contributed by atoms with Gasteiger partial charge in [-0.25, -0.2) is 4.98 Å². The van der Waals surface area contributed by atoms with Gasteiger partial charge in [-0.15, -0.1) is 0 Å². The van der Waals surface area contributed by atoms with Gasteiger partial charge >= 0.3 is 0 Å². The summed E-state index contributed by atoms with van der Waals surface area (Å²) in [4.78, 5) is 16.0. The number of amides is 1. The van der Waals surface area contributed by atoms with Crippen molar-refractivity contribution in [3.63, 3.8) is 0 Å². The van der Waals surface area contributed by atoms with Crippen LogP contribution in [0.25, 0.3) is 10.2 Å². The van der Waals surface area contributed by atoms with Crippen molar-refractivity contribution in [1.82, 2.24) is 10.3 Å². The Morgan fingerprint density at radius 1 is 1.43 bits per heavy atom. The molecule has 2 rings (SSSR count). The van der Waals surface area contributed by atoms with Gasteiger partial charge in [0, 0.05) is 13.7 Å². The molecule has 0 aliphatic rings. The van der Waals surface area contributed by atoms with Crippen molar-refractivity contribution in [2.24, 2.45) is 0 Å². The molecule has 1 heterocycles. The van der Waals surface area contributed by atoms with Crippen molar-refractivity contribution in [2.75, 3.05) is 38.7 Å². The normalized spacial score (nSPS) is 10.6. The third kappa shape index (κ3) is 4.57. The first-order valence-electron chi connectivity index (χ1n) is 6.76. The number of rotatable bonds is 8. The zero-order valence-electron chi connectivity index (χ0n) is 12.1. The molecule has 0 aliphatic carbocycles. The number of fused-ring (bicyclic) bond motifs is 1. The second-order valence-corrected chi connectivity index (χ2v) is 5.31. The number of hydrogen-bond acceptors (Lipinski definition) is 6. The van der Waals surface area contributed by atoms with Crippen LogP contribution in [0.3, 0.4) is 0 Å². The number of methoxy groups -OCH3 is 1. The van der Waals surface area contributed by atoms with E-state index in [9.17, 15) is 4.79 Å². The Kier molecular flexibility index (Phi) is 5.77. The molecule has 1 aromatic carbocycles. The molecule has 0 fully saturated rings. The number of carbonyl (C=O) groups excluding carboxylic acids is 1. The maximum atomic E-state index is 11.6. The highest BCUT2D eigenvalue weighted by Crippen LogP contribution is 2.29. The maximum absolute atomic E-state index is 11.6. The van der Waals surface area contributed by atoms with Crippen LogP contribution in [0, 0.1) is 0 Å². The maximum Gasteiger partial charge on any atom is 0.239 e. The van der Waals surface area contributed by atoms with Crippen LogP contribution in [-0.2, 0) is 9.53 Å². The van der Waals surface area contributed by atoms with Crippen LogP contribution in [0.2, 0.25) is 0 Å². The summed E-state index contributed by atoms with van der Waals surface area (Å²) >= 11 is 1.50. The van der Waals surface area contributed by atoms with Gasteiger partial charge in [-0.3, -0.25) is 4.79 Å². The number of carbonyl (C=O) groups is 1. The molecule has 1 aromatic heterocycles. The topological polar surface area (TPSA) is 72.5 Å². The third-order valence-corrected chi connectivity index (χ3v) is 3.68. The number of nitrogens with one attached hydrogen (secondary N) is 2. The molecule has 0 bridgehead atoms. The molecule has 0 saturated carbocycles. The summed E-state index contributed by atoms with van der Waals surface area (Å²) in [7, 11) is 1.60. The lowest BCUT2D eigenvalue weighted by Gasteiger charge is -2.04. The summed E-state index contributed by atoms with van der Waals surface area (Å²) in [6.45, 7) is 3.80. The van der Waals surface area contributed by atoms with Crippen LogP contribution in [0.15, 0.2) is 18.2 Å². The highest BCUT2D eigenvalue weighted by molar-refractivity contribution is 7.22. The number of hydrogen-bond donors (Lipinski definition) is 2. The lowest BCUT2D eigenvalue weighted by molar-refractivity contribution is -0.119. The van der Waals surface area contributed by atoms with E-state index in [4.69, 9.17) is 9.47 Å². The summed E-state index contributed by atoms with van der Waals surface area (Å²) in [6.07, 6.45) is 0. The fourth-order valence-corrected chi connectivity index (χ4v) is 2.64. The number of aromatic nitrogens is 1. The monoisotopic (exact) mass is 309 g/mol. The Hall–Kier alpha value is -1.86. The second kappa shape index (κ2) is 7.80. The minimum absolute atomic E-state index is 0.0821. The molecule has 0 saturated heterocycles. The van der Waals surface area contributed by atoms with Crippen LogP contribution < -0.4 is 15.4 Å². The van der Waals surface area contributed by atoms with Crippen molar-refractivity contribution in [1.29, 1.82) is 0 Å². The van der Waals surface area contributed by atoms with E-state index in [1.165, 1.54) is 11.3 Å². The summed E-state index contributed by atoms with van der Waals surface area (Å²) in [6, 6.07) is 5.77. The minimum Gasteiger partial charge on any atom is -0.494 e. The van der Waals surface area contributed by atoms with Crippen LogP contribution in [0.5, 0.6) is 5.75 Å². The highest BCUT2D eigenvalue weighted by atomic mass is 32.1. The Morgan fingerprint density at radius 3 is 3.05 bits per heavy atom. The summed E-state index contributed by atoms with van der Waals surface area (Å²) in [5.74, 6) is 0.749. The molecule has 114 valence electrons. The van der Waals surface area contributed by atoms with Crippen LogP contribution in [0.4, 0.5) is 5.13 Å². The van der Waals surface area contributed by atoms with E-state index < -0.39 is 0 Å². The summed E-state index contributed by atoms with van der Waals surface area (Å²) in [5.41, 5.74) is 0.894. The standard InChI is InChI=1S/C14H19N3O3S/c1-3-20-10-4-5-11-12(8-10)21-14(17-11)16-9-13(18)15-6-7-19-2/h4-5,8H,3,6-7,9H2,1-2H3,(H,15,18)(H,16,17). The van der Waals surface area contributed by atoms with E-state index in [0.29, 0.717) is 19.8 Å². The predicted octanol–water partition coefficient (Wildman–Crippen LogP) is 1.87. The highest BCUT2D eigenvalue weighted by Gasteiger charge is 2.07. The largest absolute Gasteiger partial charge is 0.494 e. The van der Waals surface area contributed by atoms with E-state index in [-0.39, 0.29) is 12.5 Å². The number of ether oxygens (including phenoxy) is 2. The van der Waals surface area contributed by atoms with Gasteiger partial charge in [0.2, 0.25) is 5.91 Å². The van der Waals surface area contributed by atoms with Gasteiger partial charge in [-0.1, -0.05) is 11.3 Å². The van der Waals surface area contributed by atoms with Crippen molar-refractivity contribution < 1.29 is 14.3 Å². The first kappa shape index (κ1) is 15.5. The van der Waals surface area contributed by atoms with E-state index >= 15 is 0 Å². The SMILES string of the molecule is CCOc1ccc2nc(NCC(=O)NCCOC)sc2c1. The predicted molar refractivity (Wildman–Crippen MR) is 84.2 cm³/mol. The average Bonchev–Trinajstić information content (AvgIpc) is 2.88. The molecule has 0 unspecified atom stereocenters. The molecule has 0 spiro atoms. The van der Waals surface area contributed by atoms with Crippen molar-refractivity contribution in [2.45, 2.75) is 6.92 Å². The third-order valence-electron chi connectivity index (χ3n) is 2.70. The second-order valence-electron chi connectivity index (χ2n) is 4.28. The minimum atomic E-state index is -0.0821. The van der Waals surface area contributed by atoms with Crippen molar-refractivity contribution in [3.8, 4) is 5.75 Å². The zero-order valence-corrected chi connectivity index (χ0v) is 13.0. The van der Waals surface area contributed by atoms with Gasteiger partial charge in [0.25, 0.3) is 0 Å². The van der Waals surface area contributed by atoms with Crippen molar-refractivity contribution >= 4 is 32.6 Å². The molecule has 7 heteroatoms. The molecule has 0 atom stereocenters. The summed E-state index contributed by atoms with van der Waals surface area (Å²) < 4.78 is 11.4. The molecule has 0 radical (unpaired) electrons. The van der Waals surface area contributed by atoms with E-state index in [0.717, 1.165) is 21.1 Å². The smallest absolute Gasteiger partial charge is 0.239 e. The van der Waals surface area contributed by atoms with Gasteiger partial charge in [0.1, 0.15) is 5.75 Å². The summed E-state index contributed by atoms with van der Waals surface area (Å²) in [5, 5.41) is 6.49. The Balaban J connectivity index is 1.91. The average molecular weight is 309 g/mol. The molecule has 2 N–H and O–H groups in total. The van der Waals surface area contributed by atoms with E-state index in [1.807, 2.05) is 25.1 Å². The van der Waals surface area contributed by atoms with Crippen LogP contribution >= 0.6 is 11.3 Å². The quantitative estimate of drug-likeness (QED) is 0.728. The van der Waals surface area contributed by atoms with Gasteiger partial charge < -0.3 is 20.1 Å². The fourth-order valence-electron chi connectivity index (χ4n) is 1.75. The molecular formula is C14H19N3O3S. The van der Waals surface area contributed by atoms with Crippen LogP contribution in [-0.4, -0.2) is 44.3 Å². The first-order chi connectivity index (χ1) is 10.2. The molecule has 0 aliphatic heterocycles.